The quantitative estimate of drug-likeness (QED) is 0.821. The van der Waals surface area contributed by atoms with Gasteiger partial charge in [-0.3, -0.25) is 9.69 Å². The van der Waals surface area contributed by atoms with Gasteiger partial charge in [-0.25, -0.2) is 4.98 Å². The normalized spacial score (nSPS) is 15.2. The maximum absolute atomic E-state index is 11.8. The third-order valence-corrected chi connectivity index (χ3v) is 4.45. The van der Waals surface area contributed by atoms with Crippen LogP contribution in [0.5, 0.6) is 0 Å². The largest absolute Gasteiger partial charge is 0.348 e. The van der Waals surface area contributed by atoms with E-state index in [4.69, 9.17) is 11.6 Å². The average molecular weight is 361 g/mol. The van der Waals surface area contributed by atoms with E-state index < -0.39 is 0 Å². The summed E-state index contributed by atoms with van der Waals surface area (Å²) in [6.45, 7) is 3.59. The first-order valence-electron chi connectivity index (χ1n) is 8.16. The Kier molecular flexibility index (Phi) is 5.45. The van der Waals surface area contributed by atoms with E-state index in [9.17, 15) is 4.79 Å². The summed E-state index contributed by atoms with van der Waals surface area (Å²) in [6.07, 6.45) is 1.65. The SMILES string of the molecule is CN(C)C(=O)CN1CCN(c2nncc(-c3ccc(Cl)cc3)n2)CC1. The Morgan fingerprint density at radius 1 is 1.16 bits per heavy atom. The summed E-state index contributed by atoms with van der Waals surface area (Å²) in [5.74, 6) is 0.738. The Morgan fingerprint density at radius 3 is 2.48 bits per heavy atom. The van der Waals surface area contributed by atoms with Crippen molar-refractivity contribution < 1.29 is 4.79 Å². The lowest BCUT2D eigenvalue weighted by molar-refractivity contribution is -0.129. The number of benzene rings is 1. The fourth-order valence-corrected chi connectivity index (χ4v) is 2.75. The van der Waals surface area contributed by atoms with Crippen molar-refractivity contribution in [2.24, 2.45) is 0 Å². The number of hydrogen-bond donors (Lipinski definition) is 0. The van der Waals surface area contributed by atoms with Crippen molar-refractivity contribution in [3.63, 3.8) is 0 Å². The van der Waals surface area contributed by atoms with Gasteiger partial charge in [-0.15, -0.1) is 5.10 Å². The number of halogens is 1. The zero-order chi connectivity index (χ0) is 17.8. The first-order chi connectivity index (χ1) is 12.0. The molecule has 3 rings (SSSR count). The predicted octanol–water partition coefficient (Wildman–Crippen LogP) is 1.40. The van der Waals surface area contributed by atoms with Crippen LogP contribution in [0.3, 0.4) is 0 Å². The summed E-state index contributed by atoms with van der Waals surface area (Å²) in [7, 11) is 3.56. The van der Waals surface area contributed by atoms with Crippen LogP contribution in [-0.4, -0.2) is 77.7 Å². The smallest absolute Gasteiger partial charge is 0.245 e. The Bertz CT molecular complexity index is 728. The molecule has 0 N–H and O–H groups in total. The number of aromatic nitrogens is 3. The molecule has 132 valence electrons. The van der Waals surface area contributed by atoms with Gasteiger partial charge < -0.3 is 9.80 Å². The molecule has 2 aromatic rings. The lowest BCUT2D eigenvalue weighted by Gasteiger charge is -2.34. The van der Waals surface area contributed by atoms with Gasteiger partial charge in [-0.05, 0) is 12.1 Å². The fourth-order valence-electron chi connectivity index (χ4n) is 2.63. The lowest BCUT2D eigenvalue weighted by atomic mass is 10.2. The molecule has 1 amide bonds. The number of carbonyl (C=O) groups is 1. The summed E-state index contributed by atoms with van der Waals surface area (Å²) < 4.78 is 0. The second-order valence-electron chi connectivity index (χ2n) is 6.20. The van der Waals surface area contributed by atoms with Crippen LogP contribution >= 0.6 is 11.6 Å². The standard InChI is InChI=1S/C17H21ClN6O/c1-22(2)16(25)12-23-7-9-24(10-8-23)17-20-15(11-19-21-17)13-3-5-14(18)6-4-13/h3-6,11H,7-10,12H2,1-2H3. The molecule has 1 fully saturated rings. The Hall–Kier alpha value is -2.25. The van der Waals surface area contributed by atoms with Gasteiger partial charge in [0.15, 0.2) is 0 Å². The predicted molar refractivity (Wildman–Crippen MR) is 97.6 cm³/mol. The highest BCUT2D eigenvalue weighted by Crippen LogP contribution is 2.20. The van der Waals surface area contributed by atoms with E-state index in [1.165, 1.54) is 0 Å². The monoisotopic (exact) mass is 360 g/mol. The van der Waals surface area contributed by atoms with Crippen LogP contribution in [-0.2, 0) is 4.79 Å². The molecule has 0 aliphatic carbocycles. The summed E-state index contributed by atoms with van der Waals surface area (Å²) in [6, 6.07) is 7.50. The molecule has 0 saturated carbocycles. The Morgan fingerprint density at radius 2 is 1.84 bits per heavy atom. The van der Waals surface area contributed by atoms with Gasteiger partial charge in [0.05, 0.1) is 18.4 Å². The Labute approximate surface area is 152 Å². The Balaban J connectivity index is 1.65. The lowest BCUT2D eigenvalue weighted by Crippen LogP contribution is -2.49. The maximum Gasteiger partial charge on any atom is 0.245 e. The molecule has 0 spiro atoms. The van der Waals surface area contributed by atoms with Gasteiger partial charge >= 0.3 is 0 Å². The number of piperazine rings is 1. The van der Waals surface area contributed by atoms with Gasteiger partial charge in [0, 0.05) is 50.9 Å². The third-order valence-electron chi connectivity index (χ3n) is 4.20. The number of carbonyl (C=O) groups excluding carboxylic acids is 1. The molecular weight excluding hydrogens is 340 g/mol. The zero-order valence-electron chi connectivity index (χ0n) is 14.4. The number of nitrogens with zero attached hydrogens (tertiary/aromatic N) is 6. The van der Waals surface area contributed by atoms with Crippen LogP contribution in [0.1, 0.15) is 0 Å². The van der Waals surface area contributed by atoms with Crippen molar-refractivity contribution in [3.8, 4) is 11.3 Å². The first-order valence-corrected chi connectivity index (χ1v) is 8.54. The number of likely N-dealkylation sites (N-methyl/N-ethyl adjacent to an activating group) is 1. The van der Waals surface area contributed by atoms with Gasteiger partial charge in [-0.2, -0.15) is 5.10 Å². The van der Waals surface area contributed by atoms with E-state index in [0.717, 1.165) is 37.4 Å². The average Bonchev–Trinajstić information content (AvgIpc) is 2.63. The third kappa shape index (κ3) is 4.43. The van der Waals surface area contributed by atoms with Crippen LogP contribution in [0.25, 0.3) is 11.3 Å². The van der Waals surface area contributed by atoms with Gasteiger partial charge in [0.1, 0.15) is 0 Å². The molecule has 1 aliphatic rings. The molecule has 1 aromatic heterocycles. The topological polar surface area (TPSA) is 65.5 Å². The zero-order valence-corrected chi connectivity index (χ0v) is 15.1. The highest BCUT2D eigenvalue weighted by molar-refractivity contribution is 6.30. The minimum atomic E-state index is 0.121. The molecule has 7 nitrogen and oxygen atoms in total. The number of anilines is 1. The van der Waals surface area contributed by atoms with Crippen molar-refractivity contribution in [1.82, 2.24) is 25.0 Å². The molecule has 1 aromatic carbocycles. The van der Waals surface area contributed by atoms with Gasteiger partial charge in [0.2, 0.25) is 11.9 Å². The van der Waals surface area contributed by atoms with Crippen molar-refractivity contribution in [3.05, 3.63) is 35.5 Å². The van der Waals surface area contributed by atoms with Gasteiger partial charge in [-0.1, -0.05) is 23.7 Å². The van der Waals surface area contributed by atoms with E-state index in [1.54, 1.807) is 25.2 Å². The first kappa shape index (κ1) is 17.6. The molecule has 0 bridgehead atoms. The van der Waals surface area contributed by atoms with E-state index in [-0.39, 0.29) is 5.91 Å². The molecule has 2 heterocycles. The molecular formula is C17H21ClN6O. The second kappa shape index (κ2) is 7.76. The summed E-state index contributed by atoms with van der Waals surface area (Å²) in [5.41, 5.74) is 1.72. The molecule has 25 heavy (non-hydrogen) atoms. The van der Waals surface area contributed by atoms with Crippen molar-refractivity contribution in [2.45, 2.75) is 0 Å². The molecule has 0 unspecified atom stereocenters. The minimum Gasteiger partial charge on any atom is -0.348 e. The molecule has 0 atom stereocenters. The van der Waals surface area contributed by atoms with Crippen LogP contribution in [0.4, 0.5) is 5.95 Å². The van der Waals surface area contributed by atoms with E-state index in [0.29, 0.717) is 17.5 Å². The number of amides is 1. The van der Waals surface area contributed by atoms with Crippen molar-refractivity contribution in [1.29, 1.82) is 0 Å². The van der Waals surface area contributed by atoms with E-state index >= 15 is 0 Å². The second-order valence-corrected chi connectivity index (χ2v) is 6.64. The van der Waals surface area contributed by atoms with Crippen LogP contribution in [0.2, 0.25) is 5.02 Å². The van der Waals surface area contributed by atoms with Crippen LogP contribution < -0.4 is 4.90 Å². The van der Waals surface area contributed by atoms with Crippen molar-refractivity contribution in [2.75, 3.05) is 51.7 Å². The highest BCUT2D eigenvalue weighted by Gasteiger charge is 2.21. The number of hydrogen-bond acceptors (Lipinski definition) is 6. The van der Waals surface area contributed by atoms with E-state index in [1.807, 2.05) is 24.3 Å². The summed E-state index contributed by atoms with van der Waals surface area (Å²) >= 11 is 5.93. The summed E-state index contributed by atoms with van der Waals surface area (Å²) in [5, 5.41) is 8.94. The summed E-state index contributed by atoms with van der Waals surface area (Å²) in [4.78, 5) is 22.3. The molecule has 0 radical (unpaired) electrons. The maximum atomic E-state index is 11.8. The fraction of sp³-hybridized carbons (Fsp3) is 0.412. The molecule has 1 aliphatic heterocycles. The van der Waals surface area contributed by atoms with Crippen LogP contribution in [0.15, 0.2) is 30.5 Å². The van der Waals surface area contributed by atoms with Gasteiger partial charge in [0.25, 0.3) is 0 Å². The highest BCUT2D eigenvalue weighted by atomic mass is 35.5. The van der Waals surface area contributed by atoms with E-state index in [2.05, 4.69) is 25.0 Å². The molecule has 8 heteroatoms. The number of rotatable bonds is 4. The van der Waals surface area contributed by atoms with Crippen molar-refractivity contribution >= 4 is 23.5 Å². The minimum absolute atomic E-state index is 0.121. The van der Waals surface area contributed by atoms with Crippen LogP contribution in [0, 0.1) is 0 Å². The molecule has 1 saturated heterocycles.